The Morgan fingerprint density at radius 3 is 1.10 bits per heavy atom. The maximum atomic E-state index is 12.9. The van der Waals surface area contributed by atoms with E-state index >= 15 is 0 Å². The Kier molecular flexibility index (Phi) is 33.6. The number of aliphatic hydroxyl groups is 4. The van der Waals surface area contributed by atoms with Gasteiger partial charge in [0, 0.05) is 47.7 Å². The molecule has 2 aromatic carbocycles. The van der Waals surface area contributed by atoms with Gasteiger partial charge in [0.05, 0.1) is 99.4 Å². The summed E-state index contributed by atoms with van der Waals surface area (Å²) in [7, 11) is 2.58. The van der Waals surface area contributed by atoms with Crippen molar-refractivity contribution >= 4 is 71.0 Å². The number of aliphatic carboxylic acids is 4. The highest BCUT2D eigenvalue weighted by atomic mass is 35.5. The van der Waals surface area contributed by atoms with Crippen LogP contribution in [0.2, 0.25) is 10.0 Å². The number of hydrogen-bond acceptors (Lipinski definition) is 23. The molecule has 1 fully saturated rings. The molecule has 0 unspecified atom stereocenters. The van der Waals surface area contributed by atoms with Crippen LogP contribution in [0.15, 0.2) is 93.6 Å². The molecule has 3 heterocycles. The SMILES string of the molecule is C1CCOC1.CCOC(=O)C1=C(COCCN)NC(C)=C(C(=O)OC)[C@@H]1c1ccccc1Cl.CCOC(=O)C1=C(COCCN)NC(C)=C(C(=O)OC)[C@@H]1c1ccccc1Cl.O=C(O)[C@@H](O)[C@H](O)C(=O)O.O=C(O)[C@@H](O)[C@H](O)C(=O)O. The topological polar surface area (TPSA) is 439 Å². The first-order valence-corrected chi connectivity index (χ1v) is 25.3. The number of esters is 4. The second kappa shape index (κ2) is 37.8. The summed E-state index contributed by atoms with van der Waals surface area (Å²) >= 11 is 12.8. The molecule has 0 radical (unpaired) electrons. The third kappa shape index (κ3) is 22.4. The zero-order chi connectivity index (χ0) is 61.5. The number of carbonyl (C=O) groups is 8. The van der Waals surface area contributed by atoms with E-state index in [9.17, 15) is 38.4 Å². The second-order valence-electron chi connectivity index (χ2n) is 16.6. The summed E-state index contributed by atoms with van der Waals surface area (Å²) in [6.45, 7) is 10.8. The van der Waals surface area contributed by atoms with E-state index in [-0.39, 0.29) is 37.6 Å². The van der Waals surface area contributed by atoms with Gasteiger partial charge in [-0.1, -0.05) is 59.6 Å². The lowest BCUT2D eigenvalue weighted by Crippen LogP contribution is -2.39. The number of methoxy groups -OCH3 is 2. The number of allylic oxidation sites excluding steroid dienone is 2. The molecule has 450 valence electrons. The van der Waals surface area contributed by atoms with Gasteiger partial charge in [0.25, 0.3) is 0 Å². The first-order valence-electron chi connectivity index (χ1n) is 24.5. The fourth-order valence-corrected chi connectivity index (χ4v) is 7.78. The molecule has 14 N–H and O–H groups in total. The third-order valence-corrected chi connectivity index (χ3v) is 11.7. The van der Waals surface area contributed by atoms with Gasteiger partial charge in [-0.3, -0.25) is 0 Å². The lowest BCUT2D eigenvalue weighted by molar-refractivity contribution is -0.165. The lowest BCUT2D eigenvalue weighted by Gasteiger charge is -2.31. The highest BCUT2D eigenvalue weighted by Crippen LogP contribution is 2.43. The molecule has 0 aromatic heterocycles. The smallest absolute Gasteiger partial charge is 0.336 e. The van der Waals surface area contributed by atoms with Crippen LogP contribution in [-0.4, -0.2) is 193 Å². The molecule has 0 saturated carbocycles. The first-order chi connectivity index (χ1) is 38.3. The number of benzene rings is 2. The van der Waals surface area contributed by atoms with Crippen LogP contribution in [0.25, 0.3) is 0 Å². The Bertz CT molecular complexity index is 2390. The Labute approximate surface area is 475 Å². The molecule has 3 aliphatic heterocycles. The normalized spacial score (nSPS) is 16.9. The van der Waals surface area contributed by atoms with Gasteiger partial charge in [-0.15, -0.1) is 0 Å². The maximum absolute atomic E-state index is 12.9. The zero-order valence-corrected chi connectivity index (χ0v) is 46.7. The molecular formula is C52H70Cl2N4O23. The fourth-order valence-electron chi connectivity index (χ4n) is 7.29. The minimum absolute atomic E-state index is 0.109. The monoisotopic (exact) mass is 1190 g/mol. The molecule has 0 spiro atoms. The van der Waals surface area contributed by atoms with Crippen molar-refractivity contribution < 1.29 is 112 Å². The van der Waals surface area contributed by atoms with Gasteiger partial charge in [-0.25, -0.2) is 38.4 Å². The summed E-state index contributed by atoms with van der Waals surface area (Å²) in [4.78, 5) is 90.0. The van der Waals surface area contributed by atoms with Crippen molar-refractivity contribution in [1.82, 2.24) is 10.6 Å². The summed E-state index contributed by atoms with van der Waals surface area (Å²) < 4.78 is 36.5. The number of hydrogen-bond donors (Lipinski definition) is 12. The van der Waals surface area contributed by atoms with Gasteiger partial charge >= 0.3 is 47.8 Å². The Hall–Kier alpha value is -7.02. The largest absolute Gasteiger partial charge is 0.479 e. The standard InChI is InChI=1S/2C20H25ClN2O5.2C4H6O6.C4H8O/c2*1-4-28-20(25)18-15(11-27-10-9-22)23-12(2)16(19(24)26-3)17(18)13-7-5-6-8-14(13)21;2*5-1(3(7)8)2(6)4(9)10;1-2-4-5-3-1/h2*5-8,17,23H,4,9-11,22H2,1-3H3;2*1-2,5-6H,(H,7,8)(H,9,10);1-4H2/t2*17-;2*1-,2-;/m0000./s1. The van der Waals surface area contributed by atoms with Crippen LogP contribution in [0.5, 0.6) is 0 Å². The van der Waals surface area contributed by atoms with Gasteiger partial charge in [0.15, 0.2) is 24.4 Å². The Morgan fingerprint density at radius 2 is 0.864 bits per heavy atom. The number of aliphatic hydroxyl groups excluding tert-OH is 4. The number of ether oxygens (including phenoxy) is 7. The van der Waals surface area contributed by atoms with Crippen LogP contribution in [0.1, 0.15) is 63.5 Å². The molecule has 0 bridgehead atoms. The third-order valence-electron chi connectivity index (χ3n) is 11.0. The molecule has 3 aliphatic rings. The molecule has 0 aliphatic carbocycles. The number of rotatable bonds is 22. The fraction of sp³-hybridized carbons (Fsp3) is 0.462. The number of carboxylic acids is 4. The molecule has 27 nitrogen and oxygen atoms in total. The van der Waals surface area contributed by atoms with E-state index in [4.69, 9.17) is 109 Å². The van der Waals surface area contributed by atoms with E-state index in [1.165, 1.54) is 27.1 Å². The Balaban J connectivity index is 0.000000573. The number of halogens is 2. The summed E-state index contributed by atoms with van der Waals surface area (Å²) in [6, 6.07) is 14.1. The van der Waals surface area contributed by atoms with E-state index in [2.05, 4.69) is 10.6 Å². The molecule has 1 saturated heterocycles. The molecule has 6 atom stereocenters. The number of carboxylic acid groups (broad SMARTS) is 4. The average Bonchev–Trinajstić information content (AvgIpc) is 4.04. The van der Waals surface area contributed by atoms with E-state index < -0.39 is 84.0 Å². The van der Waals surface area contributed by atoms with Crippen molar-refractivity contribution in [2.45, 2.75) is 76.8 Å². The van der Waals surface area contributed by atoms with E-state index in [0.29, 0.717) is 81.4 Å². The number of nitrogens with one attached hydrogen (secondary N) is 2. The lowest BCUT2D eigenvalue weighted by atomic mass is 9.80. The van der Waals surface area contributed by atoms with Crippen LogP contribution in [-0.2, 0) is 71.5 Å². The number of nitrogens with two attached hydrogens (primary N) is 2. The maximum Gasteiger partial charge on any atom is 0.336 e. The summed E-state index contributed by atoms with van der Waals surface area (Å²) in [6.07, 6.45) is -6.51. The van der Waals surface area contributed by atoms with Crippen molar-refractivity contribution in [2.24, 2.45) is 11.5 Å². The molecule has 29 heteroatoms. The van der Waals surface area contributed by atoms with Gasteiger partial charge in [0.2, 0.25) is 0 Å². The predicted molar refractivity (Wildman–Crippen MR) is 286 cm³/mol. The summed E-state index contributed by atoms with van der Waals surface area (Å²) in [5, 5.41) is 72.1. The molecule has 81 heavy (non-hydrogen) atoms. The van der Waals surface area contributed by atoms with Crippen molar-refractivity contribution in [3.05, 3.63) is 115 Å². The Morgan fingerprint density at radius 1 is 0.556 bits per heavy atom. The molecular weight excluding hydrogens is 1120 g/mol. The van der Waals surface area contributed by atoms with Gasteiger partial charge in [-0.2, -0.15) is 0 Å². The highest BCUT2D eigenvalue weighted by Gasteiger charge is 2.41. The minimum atomic E-state index is -2.27. The zero-order valence-electron chi connectivity index (χ0n) is 45.2. The average molecular weight is 1190 g/mol. The van der Waals surface area contributed by atoms with Gasteiger partial charge in [-0.05, 0) is 63.8 Å². The van der Waals surface area contributed by atoms with E-state index in [0.717, 1.165) is 13.2 Å². The van der Waals surface area contributed by atoms with Gasteiger partial charge < -0.3 is 96.1 Å². The van der Waals surface area contributed by atoms with E-state index in [1.807, 2.05) is 0 Å². The van der Waals surface area contributed by atoms with Crippen LogP contribution >= 0.6 is 23.2 Å². The highest BCUT2D eigenvalue weighted by molar-refractivity contribution is 6.32. The molecule has 0 amide bonds. The summed E-state index contributed by atoms with van der Waals surface area (Å²) in [5.41, 5.74) is 15.4. The van der Waals surface area contributed by atoms with Crippen LogP contribution < -0.4 is 22.1 Å². The second-order valence-corrected chi connectivity index (χ2v) is 17.4. The first kappa shape index (κ1) is 72.0. The minimum Gasteiger partial charge on any atom is -0.479 e. The molecule has 2 aromatic rings. The van der Waals surface area contributed by atoms with Crippen LogP contribution in [0, 0.1) is 0 Å². The van der Waals surface area contributed by atoms with E-state index in [1.54, 1.807) is 76.2 Å². The number of carbonyl (C=O) groups excluding carboxylic acids is 4. The summed E-state index contributed by atoms with van der Waals surface area (Å²) in [5.74, 6) is -10.8. The van der Waals surface area contributed by atoms with Crippen molar-refractivity contribution in [1.29, 1.82) is 0 Å². The van der Waals surface area contributed by atoms with Gasteiger partial charge in [0.1, 0.15) is 0 Å². The van der Waals surface area contributed by atoms with Crippen molar-refractivity contribution in [2.75, 3.05) is 80.2 Å². The molecule has 5 rings (SSSR count). The van der Waals surface area contributed by atoms with Crippen LogP contribution in [0.3, 0.4) is 0 Å². The van der Waals surface area contributed by atoms with Crippen molar-refractivity contribution in [3.8, 4) is 0 Å². The predicted octanol–water partition coefficient (Wildman–Crippen LogP) is 1.08. The number of dihydropyridines is 2. The van der Waals surface area contributed by atoms with Crippen LogP contribution in [0.4, 0.5) is 0 Å². The quantitative estimate of drug-likeness (QED) is 0.0446. The van der Waals surface area contributed by atoms with Crippen molar-refractivity contribution in [3.63, 3.8) is 0 Å².